The average Bonchev–Trinajstić information content (AvgIpc) is 2.83. The van der Waals surface area contributed by atoms with Gasteiger partial charge in [0.25, 0.3) is 0 Å². The lowest BCUT2D eigenvalue weighted by Gasteiger charge is -2.17. The molecule has 1 aromatic heterocycles. The molecule has 1 amide bonds. The second-order valence-electron chi connectivity index (χ2n) is 7.65. The largest absolute Gasteiger partial charge is 0.398 e. The number of amides is 1. The number of aromatic nitrogens is 2. The van der Waals surface area contributed by atoms with Crippen molar-refractivity contribution in [1.82, 2.24) is 9.97 Å². The summed E-state index contributed by atoms with van der Waals surface area (Å²) in [6.45, 7) is 7.18. The maximum Gasteiger partial charge on any atom is 0.250 e. The molecule has 0 saturated carbocycles. The Labute approximate surface area is 201 Å². The third kappa shape index (κ3) is 5.38. The summed E-state index contributed by atoms with van der Waals surface area (Å²) in [6.07, 6.45) is 5.55. The zero-order chi connectivity index (χ0) is 25.7. The highest BCUT2D eigenvalue weighted by Crippen LogP contribution is 2.32. The molecule has 0 spiro atoms. The molecule has 0 fully saturated rings. The van der Waals surface area contributed by atoms with Crippen LogP contribution in [0.2, 0.25) is 0 Å². The zero-order valence-corrected chi connectivity index (χ0v) is 19.3. The monoisotopic (exact) mass is 472 g/mol. The van der Waals surface area contributed by atoms with E-state index in [4.69, 9.17) is 27.6 Å². The van der Waals surface area contributed by atoms with Crippen LogP contribution < -0.4 is 22.5 Å². The van der Waals surface area contributed by atoms with Crippen LogP contribution in [-0.2, 0) is 4.79 Å². The lowest BCUT2D eigenvalue weighted by molar-refractivity contribution is -0.114. The predicted molar refractivity (Wildman–Crippen MR) is 137 cm³/mol. The van der Waals surface area contributed by atoms with Crippen LogP contribution in [0, 0.1) is 18.2 Å². The Kier molecular flexibility index (Phi) is 7.35. The molecule has 8 N–H and O–H groups in total. The molecule has 178 valence electrons. The van der Waals surface area contributed by atoms with Gasteiger partial charge < -0.3 is 27.9 Å². The first-order valence-electron chi connectivity index (χ1n) is 10.4. The standard InChI is InChI=1S/C25H25FN8O/c1-13-4-7-20(28)19(9-27)22(13)24(23(29)14(2)25(30)35)33-15(3)18-6-5-16(26)8-21(18)34-17-10-31-12-32-11-17/h4-12,27,34H,2,28-29H2,1,3H3,(H2,30,35)/b24-23+,27-9?,33-15?. The van der Waals surface area contributed by atoms with Crippen molar-refractivity contribution in [3.63, 3.8) is 0 Å². The number of nitrogen functional groups attached to an aromatic ring is 1. The number of aryl methyl sites for hydroxylation is 1. The molecule has 0 saturated heterocycles. The van der Waals surface area contributed by atoms with Crippen molar-refractivity contribution in [2.45, 2.75) is 13.8 Å². The number of carbonyl (C=O) groups excluding carboxylic acids is 1. The van der Waals surface area contributed by atoms with Crippen molar-refractivity contribution in [2.75, 3.05) is 11.1 Å². The van der Waals surface area contributed by atoms with E-state index in [2.05, 4.69) is 21.9 Å². The Morgan fingerprint density at radius 2 is 1.89 bits per heavy atom. The minimum absolute atomic E-state index is 0.0678. The minimum atomic E-state index is -0.820. The van der Waals surface area contributed by atoms with E-state index in [0.717, 1.165) is 6.21 Å². The Balaban J connectivity index is 2.26. The molecule has 10 heteroatoms. The smallest absolute Gasteiger partial charge is 0.250 e. The van der Waals surface area contributed by atoms with Gasteiger partial charge in [-0.2, -0.15) is 0 Å². The van der Waals surface area contributed by atoms with Crippen molar-refractivity contribution in [2.24, 2.45) is 16.5 Å². The molecule has 3 rings (SSSR count). The number of hydrogen-bond donors (Lipinski definition) is 5. The number of nitrogens with two attached hydrogens (primary N) is 3. The van der Waals surface area contributed by atoms with Gasteiger partial charge in [-0.25, -0.2) is 14.4 Å². The molecule has 0 aliphatic carbocycles. The van der Waals surface area contributed by atoms with Gasteiger partial charge >= 0.3 is 0 Å². The number of carbonyl (C=O) groups is 1. The van der Waals surface area contributed by atoms with Crippen molar-refractivity contribution in [1.29, 1.82) is 5.41 Å². The maximum absolute atomic E-state index is 14.1. The van der Waals surface area contributed by atoms with Crippen LogP contribution in [0.15, 0.2) is 71.9 Å². The summed E-state index contributed by atoms with van der Waals surface area (Å²) in [5.74, 6) is -1.28. The summed E-state index contributed by atoms with van der Waals surface area (Å²) < 4.78 is 14.1. The van der Waals surface area contributed by atoms with Crippen molar-refractivity contribution >= 4 is 40.6 Å². The van der Waals surface area contributed by atoms with E-state index in [9.17, 15) is 9.18 Å². The minimum Gasteiger partial charge on any atom is -0.398 e. The number of anilines is 3. The summed E-state index contributed by atoms with van der Waals surface area (Å²) in [5.41, 5.74) is 21.6. The normalized spacial score (nSPS) is 12.0. The lowest BCUT2D eigenvalue weighted by atomic mass is 9.95. The molecule has 0 aliphatic rings. The van der Waals surface area contributed by atoms with Crippen LogP contribution in [0.25, 0.3) is 5.70 Å². The van der Waals surface area contributed by atoms with Gasteiger partial charge in [-0.1, -0.05) is 12.6 Å². The Morgan fingerprint density at radius 1 is 1.20 bits per heavy atom. The first-order chi connectivity index (χ1) is 16.6. The highest BCUT2D eigenvalue weighted by molar-refractivity contribution is 6.08. The quantitative estimate of drug-likeness (QED) is 0.146. The molecule has 0 radical (unpaired) electrons. The number of rotatable bonds is 8. The van der Waals surface area contributed by atoms with Crippen LogP contribution in [0.4, 0.5) is 21.5 Å². The van der Waals surface area contributed by atoms with Gasteiger partial charge in [-0.05, 0) is 43.7 Å². The first-order valence-corrected chi connectivity index (χ1v) is 10.4. The van der Waals surface area contributed by atoms with Crippen LogP contribution in [0.1, 0.15) is 29.2 Å². The van der Waals surface area contributed by atoms with Gasteiger partial charge in [-0.3, -0.25) is 9.79 Å². The second kappa shape index (κ2) is 10.4. The molecule has 0 unspecified atom stereocenters. The predicted octanol–water partition coefficient (Wildman–Crippen LogP) is 3.43. The van der Waals surface area contributed by atoms with Gasteiger partial charge in [-0.15, -0.1) is 0 Å². The second-order valence-corrected chi connectivity index (χ2v) is 7.65. The third-order valence-electron chi connectivity index (χ3n) is 5.24. The zero-order valence-electron chi connectivity index (χ0n) is 19.3. The highest BCUT2D eigenvalue weighted by atomic mass is 19.1. The van der Waals surface area contributed by atoms with E-state index in [1.807, 2.05) is 0 Å². The number of halogens is 1. The number of hydrogen-bond acceptors (Lipinski definition) is 8. The Hall–Kier alpha value is -4.86. The van der Waals surface area contributed by atoms with E-state index < -0.39 is 11.7 Å². The molecule has 1 heterocycles. The van der Waals surface area contributed by atoms with E-state index in [1.165, 1.54) is 18.5 Å². The number of nitrogens with one attached hydrogen (secondary N) is 2. The summed E-state index contributed by atoms with van der Waals surface area (Å²) in [7, 11) is 0. The number of primary amides is 1. The van der Waals surface area contributed by atoms with E-state index in [1.54, 1.807) is 44.4 Å². The molecule has 0 atom stereocenters. The summed E-state index contributed by atoms with van der Waals surface area (Å²) in [4.78, 5) is 24.5. The number of aliphatic imine (C=N–C) groups is 1. The lowest BCUT2D eigenvalue weighted by Crippen LogP contribution is -2.20. The molecule has 2 aromatic carbocycles. The van der Waals surface area contributed by atoms with Crippen molar-refractivity contribution in [3.8, 4) is 0 Å². The van der Waals surface area contributed by atoms with Gasteiger partial charge in [0, 0.05) is 34.3 Å². The fourth-order valence-corrected chi connectivity index (χ4v) is 3.42. The van der Waals surface area contributed by atoms with Crippen LogP contribution >= 0.6 is 0 Å². The van der Waals surface area contributed by atoms with Gasteiger partial charge in [0.05, 0.1) is 40.7 Å². The van der Waals surface area contributed by atoms with Crippen LogP contribution in [-0.4, -0.2) is 27.8 Å². The fraction of sp³-hybridized carbons (Fsp3) is 0.0800. The summed E-state index contributed by atoms with van der Waals surface area (Å²) in [6, 6.07) is 7.58. The third-order valence-corrected chi connectivity index (χ3v) is 5.24. The molecule has 9 nitrogen and oxygen atoms in total. The Bertz CT molecular complexity index is 1380. The fourth-order valence-electron chi connectivity index (χ4n) is 3.42. The number of benzene rings is 2. The van der Waals surface area contributed by atoms with E-state index >= 15 is 0 Å². The molecule has 0 aliphatic heterocycles. The van der Waals surface area contributed by atoms with Crippen LogP contribution in [0.3, 0.4) is 0 Å². The maximum atomic E-state index is 14.1. The van der Waals surface area contributed by atoms with E-state index in [-0.39, 0.29) is 17.0 Å². The van der Waals surface area contributed by atoms with Gasteiger partial charge in [0.1, 0.15) is 12.1 Å². The number of nitrogens with zero attached hydrogens (tertiary/aromatic N) is 3. The molecule has 0 bridgehead atoms. The molecule has 35 heavy (non-hydrogen) atoms. The van der Waals surface area contributed by atoms with Crippen LogP contribution in [0.5, 0.6) is 0 Å². The molecular formula is C25H25FN8O. The van der Waals surface area contributed by atoms with E-state index in [0.29, 0.717) is 45.0 Å². The highest BCUT2D eigenvalue weighted by Gasteiger charge is 2.20. The van der Waals surface area contributed by atoms with Gasteiger partial charge in [0.15, 0.2) is 0 Å². The van der Waals surface area contributed by atoms with Gasteiger partial charge in [0.2, 0.25) is 5.91 Å². The topological polar surface area (TPSA) is 169 Å². The summed E-state index contributed by atoms with van der Waals surface area (Å²) >= 11 is 0. The average molecular weight is 473 g/mol. The Morgan fingerprint density at radius 3 is 2.51 bits per heavy atom. The molecule has 3 aromatic rings. The van der Waals surface area contributed by atoms with Crippen molar-refractivity contribution in [3.05, 3.63) is 95.0 Å². The molecular weight excluding hydrogens is 447 g/mol. The SMILES string of the molecule is C=C(C(N)=O)/C(N)=C(\N=C(C)c1ccc(F)cc1Nc1cncnc1)c1c(C)ccc(N)c1C=N. The van der Waals surface area contributed by atoms with Crippen molar-refractivity contribution < 1.29 is 9.18 Å². The summed E-state index contributed by atoms with van der Waals surface area (Å²) in [5, 5.41) is 11.0. The first kappa shape index (κ1) is 24.8.